The molecule has 1 saturated carbocycles. The molecule has 0 bridgehead atoms. The summed E-state index contributed by atoms with van der Waals surface area (Å²) in [6.07, 6.45) is 4.49. The van der Waals surface area contributed by atoms with Gasteiger partial charge < -0.3 is 5.11 Å². The fourth-order valence-corrected chi connectivity index (χ4v) is 3.34. The molecule has 0 aromatic heterocycles. The molecule has 0 aliphatic heterocycles. The van der Waals surface area contributed by atoms with E-state index in [1.165, 1.54) is 17.6 Å². The molecule has 2 nitrogen and oxygen atoms in total. The summed E-state index contributed by atoms with van der Waals surface area (Å²) in [7, 11) is 0. The summed E-state index contributed by atoms with van der Waals surface area (Å²) in [5, 5.41) is 9.46. The van der Waals surface area contributed by atoms with Gasteiger partial charge in [0.25, 0.3) is 0 Å². The van der Waals surface area contributed by atoms with Crippen molar-refractivity contribution in [2.75, 3.05) is 0 Å². The molecule has 0 saturated heterocycles. The first-order valence-corrected chi connectivity index (χ1v) is 6.89. The molecule has 100 valence electrons. The molecule has 0 radical (unpaired) electrons. The lowest BCUT2D eigenvalue weighted by Crippen LogP contribution is -2.31. The van der Waals surface area contributed by atoms with Crippen LogP contribution in [-0.4, -0.2) is 11.1 Å². The zero-order chi connectivity index (χ0) is 13.7. The molecule has 1 fully saturated rings. The van der Waals surface area contributed by atoms with Gasteiger partial charge in [-0.05, 0) is 30.1 Å². The van der Waals surface area contributed by atoms with Crippen LogP contribution < -0.4 is 0 Å². The van der Waals surface area contributed by atoms with Crippen LogP contribution in [0.1, 0.15) is 47.5 Å². The van der Waals surface area contributed by atoms with E-state index in [0.717, 1.165) is 6.42 Å². The smallest absolute Gasteiger partial charge is 0.332 e. The summed E-state index contributed by atoms with van der Waals surface area (Å²) in [5.74, 6) is 0.948. The van der Waals surface area contributed by atoms with Gasteiger partial charge in [0.2, 0.25) is 0 Å². The van der Waals surface area contributed by atoms with E-state index < -0.39 is 5.97 Å². The lowest BCUT2D eigenvalue weighted by molar-refractivity contribution is -0.133. The van der Waals surface area contributed by atoms with Gasteiger partial charge >= 0.3 is 5.97 Å². The minimum Gasteiger partial charge on any atom is -0.478 e. The summed E-state index contributed by atoms with van der Waals surface area (Å²) in [6.45, 7) is 10.4. The molecule has 0 amide bonds. The Hall–Kier alpha value is -1.05. The van der Waals surface area contributed by atoms with Crippen molar-refractivity contribution in [1.82, 2.24) is 0 Å². The molecule has 2 atom stereocenters. The number of aliphatic carboxylic acids is 1. The van der Waals surface area contributed by atoms with Crippen LogP contribution in [0.15, 0.2) is 22.8 Å². The largest absolute Gasteiger partial charge is 0.478 e. The Morgan fingerprint density at radius 2 is 1.94 bits per heavy atom. The zero-order valence-electron chi connectivity index (χ0n) is 12.1. The minimum atomic E-state index is -0.734. The molecule has 2 heteroatoms. The topological polar surface area (TPSA) is 37.3 Å². The number of hydrogen-bond donors (Lipinski definition) is 1. The van der Waals surface area contributed by atoms with Crippen molar-refractivity contribution >= 4 is 5.97 Å². The first-order valence-electron chi connectivity index (χ1n) is 6.89. The summed E-state index contributed by atoms with van der Waals surface area (Å²) in [5.41, 5.74) is 3.07. The highest BCUT2D eigenvalue weighted by Crippen LogP contribution is 2.53. The number of rotatable bonds is 2. The number of carboxylic acid groups (broad SMARTS) is 1. The van der Waals surface area contributed by atoms with Gasteiger partial charge in [0, 0.05) is 11.5 Å². The number of carboxylic acids is 1. The summed E-state index contributed by atoms with van der Waals surface area (Å²) in [4.78, 5) is 11.5. The summed E-state index contributed by atoms with van der Waals surface area (Å²) < 4.78 is 0. The van der Waals surface area contributed by atoms with Gasteiger partial charge in [0.15, 0.2) is 0 Å². The summed E-state index contributed by atoms with van der Waals surface area (Å²) >= 11 is 0. The Morgan fingerprint density at radius 1 is 1.33 bits per heavy atom. The highest BCUT2D eigenvalue weighted by atomic mass is 16.4. The molecule has 1 N–H and O–H groups in total. The first-order chi connectivity index (χ1) is 8.21. The number of carbonyl (C=O) groups is 1. The molecular weight excluding hydrogens is 224 g/mol. The Kier molecular flexibility index (Phi) is 3.16. The van der Waals surface area contributed by atoms with E-state index in [0.29, 0.717) is 23.3 Å². The molecule has 0 spiro atoms. The van der Waals surface area contributed by atoms with Crippen LogP contribution in [0.5, 0.6) is 0 Å². The molecule has 0 aromatic rings. The van der Waals surface area contributed by atoms with E-state index in [-0.39, 0.29) is 5.41 Å². The highest BCUT2D eigenvalue weighted by Gasteiger charge is 2.44. The number of allylic oxidation sites excluding steroid dienone is 3. The molecule has 0 aromatic carbocycles. The maximum atomic E-state index is 11.5. The first kappa shape index (κ1) is 13.4. The molecule has 2 aliphatic rings. The number of fused-ring (bicyclic) bond motifs is 1. The highest BCUT2D eigenvalue weighted by molar-refractivity contribution is 5.89. The Labute approximate surface area is 110 Å². The quantitative estimate of drug-likeness (QED) is 0.591. The van der Waals surface area contributed by atoms with Crippen LogP contribution in [0, 0.1) is 23.2 Å². The maximum Gasteiger partial charge on any atom is 0.332 e. The maximum absolute atomic E-state index is 11.5. The van der Waals surface area contributed by atoms with Crippen molar-refractivity contribution in [3.05, 3.63) is 22.8 Å². The Balaban J connectivity index is 2.34. The van der Waals surface area contributed by atoms with Crippen LogP contribution >= 0.6 is 0 Å². The van der Waals surface area contributed by atoms with Crippen molar-refractivity contribution < 1.29 is 9.90 Å². The predicted molar refractivity (Wildman–Crippen MR) is 73.3 cm³/mol. The predicted octanol–water partition coefficient (Wildman–Crippen LogP) is 4.04. The SMILES string of the molecule is CC(C)C1=C[C@@H]2/C(=C(/C(=O)O)C(C)(C)C)C[C@@H]2C1. The van der Waals surface area contributed by atoms with E-state index >= 15 is 0 Å². The normalized spacial score (nSPS) is 29.8. The van der Waals surface area contributed by atoms with Gasteiger partial charge in [0.1, 0.15) is 0 Å². The third-order valence-corrected chi connectivity index (χ3v) is 4.31. The molecule has 2 aliphatic carbocycles. The van der Waals surface area contributed by atoms with Gasteiger partial charge in [-0.1, -0.05) is 51.8 Å². The lowest BCUT2D eigenvalue weighted by Gasteiger charge is -2.38. The van der Waals surface area contributed by atoms with Gasteiger partial charge in [-0.25, -0.2) is 4.79 Å². The Bertz CT molecular complexity index is 433. The van der Waals surface area contributed by atoms with Crippen LogP contribution in [0.25, 0.3) is 0 Å². The van der Waals surface area contributed by atoms with Crippen LogP contribution in [0.2, 0.25) is 0 Å². The van der Waals surface area contributed by atoms with Crippen molar-refractivity contribution in [2.45, 2.75) is 47.5 Å². The van der Waals surface area contributed by atoms with Crippen molar-refractivity contribution in [3.8, 4) is 0 Å². The van der Waals surface area contributed by atoms with Crippen LogP contribution in [0.4, 0.5) is 0 Å². The van der Waals surface area contributed by atoms with E-state index in [1.54, 1.807) is 0 Å². The van der Waals surface area contributed by atoms with Crippen molar-refractivity contribution in [2.24, 2.45) is 23.2 Å². The van der Waals surface area contributed by atoms with Crippen molar-refractivity contribution in [3.63, 3.8) is 0 Å². The van der Waals surface area contributed by atoms with Gasteiger partial charge in [0.05, 0.1) is 0 Å². The average molecular weight is 248 g/mol. The third kappa shape index (κ3) is 2.13. The lowest BCUT2D eigenvalue weighted by atomic mass is 9.65. The van der Waals surface area contributed by atoms with E-state index in [9.17, 15) is 9.90 Å². The summed E-state index contributed by atoms with van der Waals surface area (Å²) in [6, 6.07) is 0. The van der Waals surface area contributed by atoms with E-state index in [4.69, 9.17) is 0 Å². The molecule has 0 unspecified atom stereocenters. The minimum absolute atomic E-state index is 0.263. The second-order valence-corrected chi connectivity index (χ2v) is 7.05. The molecule has 2 rings (SSSR count). The van der Waals surface area contributed by atoms with Crippen molar-refractivity contribution in [1.29, 1.82) is 0 Å². The standard InChI is InChI=1S/C16H24O2/c1-9(2)10-6-11-8-13(12(11)7-10)14(15(17)18)16(3,4)5/h7,9,11-12H,6,8H2,1-5H3,(H,17,18)/b14-13-/t11-,12-/m0/s1. The molecule has 18 heavy (non-hydrogen) atoms. The van der Waals surface area contributed by atoms with E-state index in [1.807, 2.05) is 20.8 Å². The fourth-order valence-electron chi connectivity index (χ4n) is 3.34. The number of hydrogen-bond acceptors (Lipinski definition) is 1. The van der Waals surface area contributed by atoms with Gasteiger partial charge in [-0.3, -0.25) is 0 Å². The van der Waals surface area contributed by atoms with Gasteiger partial charge in [-0.15, -0.1) is 0 Å². The third-order valence-electron chi connectivity index (χ3n) is 4.31. The van der Waals surface area contributed by atoms with Crippen LogP contribution in [-0.2, 0) is 4.79 Å². The van der Waals surface area contributed by atoms with Gasteiger partial charge in [-0.2, -0.15) is 0 Å². The van der Waals surface area contributed by atoms with Crippen LogP contribution in [0.3, 0.4) is 0 Å². The fraction of sp³-hybridized carbons (Fsp3) is 0.688. The molecular formula is C16H24O2. The monoisotopic (exact) mass is 248 g/mol. The van der Waals surface area contributed by atoms with E-state index in [2.05, 4.69) is 19.9 Å². The second kappa shape index (κ2) is 4.25. The average Bonchev–Trinajstić information content (AvgIpc) is 2.49. The Morgan fingerprint density at radius 3 is 2.39 bits per heavy atom. The second-order valence-electron chi connectivity index (χ2n) is 7.05. The molecule has 0 heterocycles. The zero-order valence-corrected chi connectivity index (χ0v) is 12.1.